The van der Waals surface area contributed by atoms with Crippen LogP contribution < -0.4 is 0 Å². The molecule has 0 fully saturated rings. The van der Waals surface area contributed by atoms with E-state index in [-0.39, 0.29) is 5.41 Å². The Hall–Kier alpha value is -3.00. The minimum Gasteiger partial charge on any atom is -0.298 e. The van der Waals surface area contributed by atoms with Crippen molar-refractivity contribution in [1.82, 2.24) is 0 Å². The van der Waals surface area contributed by atoms with Gasteiger partial charge in [0.05, 0.1) is 17.1 Å². The molecule has 1 N–H and O–H groups in total. The molecule has 0 unspecified atom stereocenters. The van der Waals surface area contributed by atoms with E-state index in [0.717, 1.165) is 28.9 Å². The molecular formula is C24H22N2. The van der Waals surface area contributed by atoms with E-state index in [0.29, 0.717) is 5.71 Å². The van der Waals surface area contributed by atoms with Crippen LogP contribution >= 0.6 is 0 Å². The summed E-state index contributed by atoms with van der Waals surface area (Å²) in [6.07, 6.45) is 0.888. The lowest BCUT2D eigenvalue weighted by Crippen LogP contribution is -2.25. The minimum atomic E-state index is -0.0827. The molecule has 0 bridgehead atoms. The molecule has 0 atom stereocenters. The van der Waals surface area contributed by atoms with Gasteiger partial charge in [0.2, 0.25) is 0 Å². The summed E-state index contributed by atoms with van der Waals surface area (Å²) in [5, 5.41) is 8.99. The molecule has 0 aromatic heterocycles. The molecule has 3 aromatic carbocycles. The zero-order chi connectivity index (χ0) is 18.1. The molecule has 0 spiro atoms. The van der Waals surface area contributed by atoms with Crippen LogP contribution in [0.5, 0.6) is 0 Å². The van der Waals surface area contributed by atoms with Crippen LogP contribution in [-0.2, 0) is 11.8 Å². The first-order valence-electron chi connectivity index (χ1n) is 8.97. The Labute approximate surface area is 154 Å². The molecule has 4 rings (SSSR count). The van der Waals surface area contributed by atoms with Crippen LogP contribution in [0.1, 0.15) is 36.1 Å². The van der Waals surface area contributed by atoms with E-state index in [1.807, 2.05) is 48.5 Å². The van der Waals surface area contributed by atoms with Gasteiger partial charge in [0, 0.05) is 11.1 Å². The lowest BCUT2D eigenvalue weighted by Gasteiger charge is -2.28. The summed E-state index contributed by atoms with van der Waals surface area (Å²) in [5.74, 6) is 0. The molecule has 0 amide bonds. The van der Waals surface area contributed by atoms with Gasteiger partial charge in [-0.25, -0.2) is 4.99 Å². The van der Waals surface area contributed by atoms with Crippen molar-refractivity contribution >= 4 is 17.1 Å². The largest absolute Gasteiger partial charge is 0.298 e. The summed E-state index contributed by atoms with van der Waals surface area (Å²) >= 11 is 0. The number of para-hydroxylation sites is 1. The van der Waals surface area contributed by atoms with E-state index in [4.69, 9.17) is 10.4 Å². The maximum absolute atomic E-state index is 8.99. The average Bonchev–Trinajstić information content (AvgIpc) is 2.70. The van der Waals surface area contributed by atoms with Crippen molar-refractivity contribution in [2.75, 3.05) is 0 Å². The van der Waals surface area contributed by atoms with Gasteiger partial charge >= 0.3 is 0 Å². The number of nitrogens with zero attached hydrogens (tertiary/aromatic N) is 1. The number of aliphatic imine (C=N–C) groups is 1. The number of rotatable bonds is 1. The fourth-order valence-electron chi connectivity index (χ4n) is 3.74. The van der Waals surface area contributed by atoms with Gasteiger partial charge in [-0.2, -0.15) is 0 Å². The van der Waals surface area contributed by atoms with Crippen molar-refractivity contribution in [2.45, 2.75) is 25.7 Å². The van der Waals surface area contributed by atoms with E-state index in [2.05, 4.69) is 44.2 Å². The number of benzene rings is 3. The third-order valence-electron chi connectivity index (χ3n) is 5.07. The van der Waals surface area contributed by atoms with Gasteiger partial charge in [0.25, 0.3) is 0 Å². The molecule has 128 valence electrons. The maximum Gasteiger partial charge on any atom is 0.0964 e. The normalized spacial score (nSPS) is 17.8. The molecule has 0 aliphatic carbocycles. The van der Waals surface area contributed by atoms with E-state index >= 15 is 0 Å². The van der Waals surface area contributed by atoms with Crippen LogP contribution in [0.15, 0.2) is 83.9 Å². The zero-order valence-electron chi connectivity index (χ0n) is 15.2. The standard InChI is InChI=1S/C24H22N2/c1-24(2)16-18-12-6-9-15-21(18)26-23(17-10-4-3-5-11-17)22(25)19-13-7-8-14-20(19)24/h3-15,25H,16H2,1-2H3/b25-22?,26-23-. The van der Waals surface area contributed by atoms with Crippen molar-refractivity contribution in [1.29, 1.82) is 5.41 Å². The summed E-state index contributed by atoms with van der Waals surface area (Å²) in [7, 11) is 0. The van der Waals surface area contributed by atoms with Gasteiger partial charge in [0.15, 0.2) is 0 Å². The lowest BCUT2D eigenvalue weighted by atomic mass is 9.76. The fraction of sp³-hybridized carbons (Fsp3) is 0.167. The number of hydrogen-bond donors (Lipinski definition) is 1. The Bertz CT molecular complexity index is 997. The Morgan fingerprint density at radius 2 is 1.46 bits per heavy atom. The second-order valence-corrected chi connectivity index (χ2v) is 7.44. The van der Waals surface area contributed by atoms with Crippen LogP contribution in [-0.4, -0.2) is 11.4 Å². The van der Waals surface area contributed by atoms with Gasteiger partial charge in [-0.05, 0) is 29.0 Å². The molecule has 3 aromatic rings. The van der Waals surface area contributed by atoms with Crippen LogP contribution in [0.3, 0.4) is 0 Å². The van der Waals surface area contributed by atoms with Crippen LogP contribution in [0.25, 0.3) is 0 Å². The Kier molecular flexibility index (Phi) is 4.04. The number of hydrogen-bond acceptors (Lipinski definition) is 2. The summed E-state index contributed by atoms with van der Waals surface area (Å²) in [5.41, 5.74) is 6.44. The lowest BCUT2D eigenvalue weighted by molar-refractivity contribution is 0.522. The fourth-order valence-corrected chi connectivity index (χ4v) is 3.74. The number of fused-ring (bicyclic) bond motifs is 2. The summed E-state index contributed by atoms with van der Waals surface area (Å²) in [6, 6.07) is 26.6. The van der Waals surface area contributed by atoms with E-state index in [1.54, 1.807) is 0 Å². The van der Waals surface area contributed by atoms with Crippen molar-refractivity contribution in [3.8, 4) is 0 Å². The predicted molar refractivity (Wildman–Crippen MR) is 109 cm³/mol. The summed E-state index contributed by atoms with van der Waals surface area (Å²) in [6.45, 7) is 4.51. The molecule has 2 nitrogen and oxygen atoms in total. The van der Waals surface area contributed by atoms with Crippen molar-refractivity contribution in [3.05, 3.63) is 101 Å². The third kappa shape index (κ3) is 2.88. The molecule has 1 heterocycles. The van der Waals surface area contributed by atoms with E-state index in [9.17, 15) is 0 Å². The average molecular weight is 338 g/mol. The summed E-state index contributed by atoms with van der Waals surface area (Å²) in [4.78, 5) is 4.97. The molecular weight excluding hydrogens is 316 g/mol. The molecule has 2 heteroatoms. The Morgan fingerprint density at radius 1 is 0.808 bits per heavy atom. The highest BCUT2D eigenvalue weighted by atomic mass is 14.8. The third-order valence-corrected chi connectivity index (χ3v) is 5.07. The second kappa shape index (κ2) is 6.38. The SMILES string of the molecule is CC1(C)Cc2ccccc2/N=C(/c2ccccc2)C(=N)c2ccccc21. The van der Waals surface area contributed by atoms with Crippen molar-refractivity contribution < 1.29 is 0 Å². The maximum atomic E-state index is 8.99. The highest BCUT2D eigenvalue weighted by molar-refractivity contribution is 6.53. The molecule has 0 saturated heterocycles. The molecule has 0 radical (unpaired) electrons. The predicted octanol–water partition coefficient (Wildman–Crippen LogP) is 5.71. The van der Waals surface area contributed by atoms with Gasteiger partial charge in [-0.1, -0.05) is 86.6 Å². The first-order chi connectivity index (χ1) is 12.6. The molecule has 26 heavy (non-hydrogen) atoms. The van der Waals surface area contributed by atoms with E-state index < -0.39 is 0 Å². The topological polar surface area (TPSA) is 36.2 Å². The first-order valence-corrected chi connectivity index (χ1v) is 8.97. The molecule has 1 aliphatic heterocycles. The minimum absolute atomic E-state index is 0.0827. The Morgan fingerprint density at radius 3 is 2.27 bits per heavy atom. The quantitative estimate of drug-likeness (QED) is 0.590. The smallest absolute Gasteiger partial charge is 0.0964 e. The van der Waals surface area contributed by atoms with Crippen molar-refractivity contribution in [3.63, 3.8) is 0 Å². The van der Waals surface area contributed by atoms with Crippen LogP contribution in [0.4, 0.5) is 5.69 Å². The summed E-state index contributed by atoms with van der Waals surface area (Å²) < 4.78 is 0. The highest BCUT2D eigenvalue weighted by Gasteiger charge is 2.29. The highest BCUT2D eigenvalue weighted by Crippen LogP contribution is 2.35. The monoisotopic (exact) mass is 338 g/mol. The van der Waals surface area contributed by atoms with Gasteiger partial charge < -0.3 is 0 Å². The van der Waals surface area contributed by atoms with Crippen LogP contribution in [0, 0.1) is 5.41 Å². The van der Waals surface area contributed by atoms with Gasteiger partial charge in [-0.3, -0.25) is 5.41 Å². The van der Waals surface area contributed by atoms with E-state index in [1.165, 1.54) is 11.1 Å². The van der Waals surface area contributed by atoms with Gasteiger partial charge in [0.1, 0.15) is 0 Å². The first kappa shape index (κ1) is 16.5. The Balaban J connectivity index is 2.03. The van der Waals surface area contributed by atoms with Crippen LogP contribution in [0.2, 0.25) is 0 Å². The molecule has 1 aliphatic rings. The zero-order valence-corrected chi connectivity index (χ0v) is 15.2. The molecule has 0 saturated carbocycles. The van der Waals surface area contributed by atoms with Crippen molar-refractivity contribution in [2.24, 2.45) is 4.99 Å². The van der Waals surface area contributed by atoms with Gasteiger partial charge in [-0.15, -0.1) is 0 Å². The number of nitrogens with one attached hydrogen (secondary N) is 1. The second-order valence-electron chi connectivity index (χ2n) is 7.44.